The lowest BCUT2D eigenvalue weighted by molar-refractivity contribution is -0.389. The van der Waals surface area contributed by atoms with Crippen LogP contribution in [0.25, 0.3) is 0 Å². The minimum absolute atomic E-state index is 0.0998. The number of rotatable bonds is 6. The van der Waals surface area contributed by atoms with Crippen LogP contribution in [0.2, 0.25) is 5.02 Å². The average Bonchev–Trinajstić information content (AvgIpc) is 3.11. The predicted octanol–water partition coefficient (Wildman–Crippen LogP) is 2.32. The zero-order valence-electron chi connectivity index (χ0n) is 12.7. The van der Waals surface area contributed by atoms with Crippen molar-refractivity contribution in [3.63, 3.8) is 0 Å². The standard InChI is InChI=1S/C12H12ClF3N6O3/c1-6-9(13)10(12(14,15)16)20-21(6)4-2-3-17-11(23)7-5-8(19-18-7)22(24)25/h5H,2-4H2,1H3,(H,17,23)(H,18,19). The van der Waals surface area contributed by atoms with E-state index in [1.54, 1.807) is 0 Å². The lowest BCUT2D eigenvalue weighted by atomic mass is 10.3. The fourth-order valence-corrected chi connectivity index (χ4v) is 2.21. The number of aryl methyl sites for hydroxylation is 1. The van der Waals surface area contributed by atoms with E-state index in [0.29, 0.717) is 0 Å². The molecule has 0 aliphatic heterocycles. The molecule has 2 aromatic heterocycles. The summed E-state index contributed by atoms with van der Waals surface area (Å²) in [6.07, 6.45) is -4.37. The monoisotopic (exact) mass is 380 g/mol. The van der Waals surface area contributed by atoms with E-state index in [4.69, 9.17) is 11.6 Å². The number of hydrogen-bond donors (Lipinski definition) is 2. The summed E-state index contributed by atoms with van der Waals surface area (Å²) < 4.78 is 39.2. The van der Waals surface area contributed by atoms with Crippen molar-refractivity contribution in [3.05, 3.63) is 38.3 Å². The van der Waals surface area contributed by atoms with E-state index in [-0.39, 0.29) is 30.9 Å². The van der Waals surface area contributed by atoms with Crippen molar-refractivity contribution in [1.29, 1.82) is 0 Å². The Hall–Kier alpha value is -2.63. The summed E-state index contributed by atoms with van der Waals surface area (Å²) in [5, 5.41) is 21.5. The van der Waals surface area contributed by atoms with Crippen LogP contribution in [0.5, 0.6) is 0 Å². The molecule has 0 aliphatic rings. The van der Waals surface area contributed by atoms with Gasteiger partial charge in [-0.1, -0.05) is 16.7 Å². The number of nitrogens with one attached hydrogen (secondary N) is 2. The first-order valence-electron chi connectivity index (χ1n) is 6.89. The first-order valence-corrected chi connectivity index (χ1v) is 7.27. The Morgan fingerprint density at radius 1 is 1.52 bits per heavy atom. The van der Waals surface area contributed by atoms with E-state index in [2.05, 4.69) is 20.6 Å². The van der Waals surface area contributed by atoms with Crippen LogP contribution in [-0.4, -0.2) is 37.4 Å². The van der Waals surface area contributed by atoms with Gasteiger partial charge >= 0.3 is 12.0 Å². The zero-order valence-corrected chi connectivity index (χ0v) is 13.5. The number of carbonyl (C=O) groups is 1. The number of halogens is 4. The Bertz CT molecular complexity index is 801. The van der Waals surface area contributed by atoms with Crippen molar-refractivity contribution in [2.75, 3.05) is 6.54 Å². The number of nitro groups is 1. The van der Waals surface area contributed by atoms with Gasteiger partial charge < -0.3 is 15.4 Å². The van der Waals surface area contributed by atoms with Gasteiger partial charge in [0.2, 0.25) is 0 Å². The molecular weight excluding hydrogens is 369 g/mol. The summed E-state index contributed by atoms with van der Waals surface area (Å²) in [4.78, 5) is 21.5. The number of alkyl halides is 3. The normalized spacial score (nSPS) is 11.6. The molecule has 0 radical (unpaired) electrons. The zero-order chi connectivity index (χ0) is 18.8. The van der Waals surface area contributed by atoms with Crippen molar-refractivity contribution in [1.82, 2.24) is 25.3 Å². The summed E-state index contributed by atoms with van der Waals surface area (Å²) in [5.74, 6) is -1.07. The molecule has 0 bridgehead atoms. The number of aromatic amines is 1. The third-order valence-corrected chi connectivity index (χ3v) is 3.68. The number of carbonyl (C=O) groups excluding carboxylic acids is 1. The molecule has 0 aromatic carbocycles. The van der Waals surface area contributed by atoms with Gasteiger partial charge in [-0.25, -0.2) is 0 Å². The molecule has 2 N–H and O–H groups in total. The highest BCUT2D eigenvalue weighted by atomic mass is 35.5. The third kappa shape index (κ3) is 4.26. The fraction of sp³-hybridized carbons (Fsp3) is 0.417. The highest BCUT2D eigenvalue weighted by molar-refractivity contribution is 6.31. The second-order valence-electron chi connectivity index (χ2n) is 4.97. The van der Waals surface area contributed by atoms with E-state index in [9.17, 15) is 28.1 Å². The number of amides is 1. The predicted molar refractivity (Wildman–Crippen MR) is 79.2 cm³/mol. The molecule has 0 spiro atoms. The molecule has 2 rings (SSSR count). The lowest BCUT2D eigenvalue weighted by Crippen LogP contribution is -2.25. The van der Waals surface area contributed by atoms with Gasteiger partial charge in [-0.05, 0) is 18.3 Å². The molecule has 0 aliphatic carbocycles. The van der Waals surface area contributed by atoms with E-state index in [1.165, 1.54) is 6.92 Å². The molecule has 2 aromatic rings. The van der Waals surface area contributed by atoms with E-state index in [0.717, 1.165) is 10.7 Å². The Morgan fingerprint density at radius 3 is 2.72 bits per heavy atom. The van der Waals surface area contributed by atoms with Gasteiger partial charge in [0, 0.05) is 13.1 Å². The van der Waals surface area contributed by atoms with E-state index < -0.39 is 33.5 Å². The number of H-pyrrole nitrogens is 1. The van der Waals surface area contributed by atoms with Gasteiger partial charge in [-0.15, -0.1) is 5.10 Å². The van der Waals surface area contributed by atoms with E-state index in [1.807, 2.05) is 0 Å². The van der Waals surface area contributed by atoms with Crippen LogP contribution >= 0.6 is 11.6 Å². The van der Waals surface area contributed by atoms with Crippen LogP contribution in [0.15, 0.2) is 6.07 Å². The van der Waals surface area contributed by atoms with Crippen molar-refractivity contribution in [2.45, 2.75) is 26.1 Å². The van der Waals surface area contributed by atoms with Gasteiger partial charge in [-0.3, -0.25) is 9.48 Å². The SMILES string of the molecule is Cc1c(Cl)c(C(F)(F)F)nn1CCCNC(=O)c1cc([N+](=O)[O-])[nH]n1. The Labute approximate surface area is 143 Å². The summed E-state index contributed by atoms with van der Waals surface area (Å²) >= 11 is 5.63. The second kappa shape index (κ2) is 7.09. The van der Waals surface area contributed by atoms with E-state index >= 15 is 0 Å². The van der Waals surface area contributed by atoms with Crippen LogP contribution in [0.1, 0.15) is 28.3 Å². The molecule has 0 unspecified atom stereocenters. The van der Waals surface area contributed by atoms with Crippen LogP contribution < -0.4 is 5.32 Å². The summed E-state index contributed by atoms with van der Waals surface area (Å²) in [7, 11) is 0. The number of aromatic nitrogens is 4. The molecule has 13 heteroatoms. The maximum Gasteiger partial charge on any atom is 0.436 e. The highest BCUT2D eigenvalue weighted by Gasteiger charge is 2.38. The summed E-state index contributed by atoms with van der Waals surface area (Å²) in [6.45, 7) is 1.62. The molecule has 0 fully saturated rings. The van der Waals surface area contributed by atoms with Gasteiger partial charge in [-0.2, -0.15) is 18.3 Å². The van der Waals surface area contributed by atoms with Gasteiger partial charge in [0.05, 0.1) is 16.8 Å². The molecular formula is C12H12ClF3N6O3. The van der Waals surface area contributed by atoms with Gasteiger partial charge in [0.15, 0.2) is 11.4 Å². The first kappa shape index (κ1) is 18.7. The molecule has 2 heterocycles. The van der Waals surface area contributed by atoms with Crippen molar-refractivity contribution in [2.24, 2.45) is 0 Å². The molecule has 136 valence electrons. The molecule has 9 nitrogen and oxygen atoms in total. The average molecular weight is 381 g/mol. The maximum atomic E-state index is 12.7. The number of nitrogens with zero attached hydrogens (tertiary/aromatic N) is 4. The highest BCUT2D eigenvalue weighted by Crippen LogP contribution is 2.35. The molecule has 25 heavy (non-hydrogen) atoms. The maximum absolute atomic E-state index is 12.7. The largest absolute Gasteiger partial charge is 0.436 e. The summed E-state index contributed by atoms with van der Waals surface area (Å²) in [6, 6.07) is 0.975. The Morgan fingerprint density at radius 2 is 2.20 bits per heavy atom. The lowest BCUT2D eigenvalue weighted by Gasteiger charge is -2.05. The molecule has 0 saturated carbocycles. The van der Waals surface area contributed by atoms with Gasteiger partial charge in [0.25, 0.3) is 5.91 Å². The molecule has 0 atom stereocenters. The van der Waals surface area contributed by atoms with Crippen LogP contribution in [0.3, 0.4) is 0 Å². The number of hydrogen-bond acceptors (Lipinski definition) is 5. The Kier molecular flexibility index (Phi) is 5.30. The van der Waals surface area contributed by atoms with Crippen molar-refractivity contribution < 1.29 is 22.9 Å². The molecule has 1 amide bonds. The van der Waals surface area contributed by atoms with Gasteiger partial charge in [0.1, 0.15) is 0 Å². The summed E-state index contributed by atoms with van der Waals surface area (Å²) in [5.41, 5.74) is -1.15. The van der Waals surface area contributed by atoms with Crippen LogP contribution in [0, 0.1) is 17.0 Å². The van der Waals surface area contributed by atoms with Crippen molar-refractivity contribution in [3.8, 4) is 0 Å². The first-order chi connectivity index (χ1) is 11.6. The van der Waals surface area contributed by atoms with Crippen LogP contribution in [-0.2, 0) is 12.7 Å². The van der Waals surface area contributed by atoms with Crippen molar-refractivity contribution >= 4 is 23.3 Å². The Balaban J connectivity index is 1.89. The fourth-order valence-electron chi connectivity index (χ4n) is 1.97. The third-order valence-electron chi connectivity index (χ3n) is 3.23. The minimum Gasteiger partial charge on any atom is -0.358 e. The van der Waals surface area contributed by atoms with Crippen LogP contribution in [0.4, 0.5) is 19.0 Å². The minimum atomic E-state index is -4.64. The topological polar surface area (TPSA) is 119 Å². The quantitative estimate of drug-likeness (QED) is 0.453. The second-order valence-corrected chi connectivity index (χ2v) is 5.35. The molecule has 0 saturated heterocycles. The smallest absolute Gasteiger partial charge is 0.358 e.